The van der Waals surface area contributed by atoms with Crippen LogP contribution in [0.4, 0.5) is 0 Å². The van der Waals surface area contributed by atoms with Crippen molar-refractivity contribution < 1.29 is 19.1 Å². The first-order valence-corrected chi connectivity index (χ1v) is 9.17. The van der Waals surface area contributed by atoms with Crippen LogP contribution in [0.25, 0.3) is 0 Å². The number of esters is 2. The van der Waals surface area contributed by atoms with Crippen molar-refractivity contribution in [2.45, 2.75) is 38.5 Å². The summed E-state index contributed by atoms with van der Waals surface area (Å²) >= 11 is 0. The van der Waals surface area contributed by atoms with Gasteiger partial charge in [-0.05, 0) is 50.6 Å². The number of hydrogen-bond acceptors (Lipinski definition) is 6. The molecule has 2 aliphatic carbocycles. The predicted molar refractivity (Wildman–Crippen MR) is 89.3 cm³/mol. The molecule has 0 aromatic heterocycles. The van der Waals surface area contributed by atoms with Gasteiger partial charge in [0.25, 0.3) is 0 Å². The summed E-state index contributed by atoms with van der Waals surface area (Å²) in [6, 6.07) is 0. The lowest BCUT2D eigenvalue weighted by molar-refractivity contribution is -0.153. The second-order valence-electron chi connectivity index (χ2n) is 7.74. The molecule has 6 nitrogen and oxygen atoms in total. The van der Waals surface area contributed by atoms with Gasteiger partial charge in [-0.1, -0.05) is 12.8 Å². The largest absolute Gasteiger partial charge is 0.469 e. The summed E-state index contributed by atoms with van der Waals surface area (Å²) in [4.78, 5) is 23.1. The number of methoxy groups -OCH3 is 2. The number of hydrogen-bond donors (Lipinski definition) is 2. The number of carbonyl (C=O) groups excluding carboxylic acids is 2. The fourth-order valence-electron chi connectivity index (χ4n) is 5.38. The molecule has 4 fully saturated rings. The Balaban J connectivity index is 0.000000141. The molecule has 0 unspecified atom stereocenters. The second kappa shape index (κ2) is 7.00. The minimum atomic E-state index is -0.158. The van der Waals surface area contributed by atoms with Gasteiger partial charge in [-0.15, -0.1) is 0 Å². The van der Waals surface area contributed by atoms with Crippen LogP contribution in [0.15, 0.2) is 0 Å². The quantitative estimate of drug-likeness (QED) is 0.734. The first-order chi connectivity index (χ1) is 11.6. The molecule has 2 saturated carbocycles. The third-order valence-corrected chi connectivity index (χ3v) is 6.76. The van der Waals surface area contributed by atoms with Gasteiger partial charge in [-0.25, -0.2) is 0 Å². The highest BCUT2D eigenvalue weighted by atomic mass is 16.5. The summed E-state index contributed by atoms with van der Waals surface area (Å²) in [7, 11) is 2.98. The maximum Gasteiger partial charge on any atom is 0.313 e. The molecule has 136 valence electrons. The predicted octanol–water partition coefficient (Wildman–Crippen LogP) is 1.10. The van der Waals surface area contributed by atoms with Gasteiger partial charge < -0.3 is 20.1 Å². The number of nitrogens with one attached hydrogen (secondary N) is 2. The van der Waals surface area contributed by atoms with Crippen LogP contribution in [0.1, 0.15) is 38.5 Å². The van der Waals surface area contributed by atoms with E-state index in [0.717, 1.165) is 39.0 Å². The number of fused-ring (bicyclic) bond motifs is 2. The summed E-state index contributed by atoms with van der Waals surface area (Å²) in [6.07, 6.45) is 6.75. The van der Waals surface area contributed by atoms with Crippen molar-refractivity contribution in [3.63, 3.8) is 0 Å². The minimum absolute atomic E-state index is 0.00463. The Morgan fingerprint density at radius 2 is 1.25 bits per heavy atom. The smallest absolute Gasteiger partial charge is 0.313 e. The lowest BCUT2D eigenvalue weighted by Gasteiger charge is -2.24. The van der Waals surface area contributed by atoms with Crippen LogP contribution in [-0.2, 0) is 19.1 Å². The third kappa shape index (κ3) is 2.73. The molecule has 2 aliphatic heterocycles. The van der Waals surface area contributed by atoms with Gasteiger partial charge in [0.15, 0.2) is 0 Å². The van der Waals surface area contributed by atoms with Crippen molar-refractivity contribution in [2.24, 2.45) is 22.7 Å². The van der Waals surface area contributed by atoms with Gasteiger partial charge in [-0.3, -0.25) is 9.59 Å². The van der Waals surface area contributed by atoms with Crippen molar-refractivity contribution in [3.8, 4) is 0 Å². The molecule has 0 spiro atoms. The standard InChI is InChI=1S/2C9H15NO2/c2*1-12-8(11)9-4-2-3-7(9)5-10-6-9/h2*7,10H,2-6H2,1H3/t2*7-,9-/m10/s1. The van der Waals surface area contributed by atoms with Gasteiger partial charge in [0.2, 0.25) is 0 Å². The van der Waals surface area contributed by atoms with Crippen LogP contribution in [0.2, 0.25) is 0 Å². The zero-order valence-corrected chi connectivity index (χ0v) is 14.9. The number of rotatable bonds is 2. The Kier molecular flexibility index (Phi) is 5.16. The Morgan fingerprint density at radius 3 is 1.62 bits per heavy atom. The molecule has 0 bridgehead atoms. The molecule has 0 aromatic rings. The van der Waals surface area contributed by atoms with Crippen molar-refractivity contribution in [1.82, 2.24) is 10.6 Å². The lowest BCUT2D eigenvalue weighted by atomic mass is 9.81. The maximum atomic E-state index is 11.6. The van der Waals surface area contributed by atoms with E-state index in [1.54, 1.807) is 0 Å². The molecule has 0 aromatic carbocycles. The van der Waals surface area contributed by atoms with Crippen LogP contribution >= 0.6 is 0 Å². The van der Waals surface area contributed by atoms with E-state index < -0.39 is 0 Å². The zero-order valence-electron chi connectivity index (χ0n) is 14.9. The number of ether oxygens (including phenoxy) is 2. The molecule has 4 rings (SSSR count). The Bertz CT molecular complexity index is 429. The van der Waals surface area contributed by atoms with Gasteiger partial charge in [-0.2, -0.15) is 0 Å². The Hall–Kier alpha value is -1.14. The highest BCUT2D eigenvalue weighted by Crippen LogP contribution is 2.47. The molecule has 2 heterocycles. The van der Waals surface area contributed by atoms with E-state index in [2.05, 4.69) is 10.6 Å². The average molecular weight is 338 g/mol. The van der Waals surface area contributed by atoms with Crippen molar-refractivity contribution in [3.05, 3.63) is 0 Å². The SMILES string of the molecule is COC(=O)[C@@]12CCC[C@@H]1CNC2.COC(=O)[C@]12CCC[C@H]1CNC2. The molecule has 2 N–H and O–H groups in total. The lowest BCUT2D eigenvalue weighted by Crippen LogP contribution is -2.36. The zero-order chi connectivity index (χ0) is 17.2. The molecular formula is C18H30N2O4. The molecular weight excluding hydrogens is 308 g/mol. The van der Waals surface area contributed by atoms with E-state index in [4.69, 9.17) is 9.47 Å². The summed E-state index contributed by atoms with van der Waals surface area (Å²) < 4.78 is 9.72. The normalized spacial score (nSPS) is 39.6. The monoisotopic (exact) mass is 338 g/mol. The molecule has 0 amide bonds. The van der Waals surface area contributed by atoms with Gasteiger partial charge in [0, 0.05) is 13.1 Å². The maximum absolute atomic E-state index is 11.6. The molecule has 6 heteroatoms. The van der Waals surface area contributed by atoms with E-state index in [-0.39, 0.29) is 22.8 Å². The third-order valence-electron chi connectivity index (χ3n) is 6.76. The fourth-order valence-corrected chi connectivity index (χ4v) is 5.38. The molecule has 2 saturated heterocycles. The number of carbonyl (C=O) groups is 2. The first kappa shape index (κ1) is 17.7. The summed E-state index contributed by atoms with van der Waals surface area (Å²) in [5.41, 5.74) is -0.316. The molecule has 24 heavy (non-hydrogen) atoms. The molecule has 4 atom stereocenters. The van der Waals surface area contributed by atoms with E-state index >= 15 is 0 Å². The Morgan fingerprint density at radius 1 is 0.833 bits per heavy atom. The summed E-state index contributed by atoms with van der Waals surface area (Å²) in [5.74, 6) is 1.06. The first-order valence-electron chi connectivity index (χ1n) is 9.17. The molecule has 4 aliphatic rings. The highest BCUT2D eigenvalue weighted by Gasteiger charge is 2.53. The van der Waals surface area contributed by atoms with E-state index in [1.165, 1.54) is 39.9 Å². The average Bonchev–Trinajstić information content (AvgIpc) is 3.31. The molecule has 0 radical (unpaired) electrons. The van der Waals surface area contributed by atoms with Gasteiger partial charge in [0.1, 0.15) is 0 Å². The van der Waals surface area contributed by atoms with Crippen molar-refractivity contribution in [2.75, 3.05) is 40.4 Å². The van der Waals surface area contributed by atoms with Crippen LogP contribution in [0.5, 0.6) is 0 Å². The highest BCUT2D eigenvalue weighted by molar-refractivity contribution is 5.79. The second-order valence-corrected chi connectivity index (χ2v) is 7.74. The van der Waals surface area contributed by atoms with E-state index in [1.807, 2.05) is 0 Å². The Labute approximate surface area is 144 Å². The van der Waals surface area contributed by atoms with Crippen LogP contribution < -0.4 is 10.6 Å². The van der Waals surface area contributed by atoms with Crippen LogP contribution in [0, 0.1) is 22.7 Å². The van der Waals surface area contributed by atoms with E-state index in [9.17, 15) is 9.59 Å². The minimum Gasteiger partial charge on any atom is -0.469 e. The van der Waals surface area contributed by atoms with E-state index in [0.29, 0.717) is 11.8 Å². The van der Waals surface area contributed by atoms with Crippen LogP contribution in [-0.4, -0.2) is 52.3 Å². The van der Waals surface area contributed by atoms with Gasteiger partial charge >= 0.3 is 11.9 Å². The van der Waals surface area contributed by atoms with Crippen molar-refractivity contribution in [1.29, 1.82) is 0 Å². The fraction of sp³-hybridized carbons (Fsp3) is 0.889. The summed E-state index contributed by atoms with van der Waals surface area (Å²) in [5, 5.41) is 6.56. The van der Waals surface area contributed by atoms with Crippen molar-refractivity contribution >= 4 is 11.9 Å². The summed E-state index contributed by atoms with van der Waals surface area (Å²) in [6.45, 7) is 3.64. The van der Waals surface area contributed by atoms with Gasteiger partial charge in [0.05, 0.1) is 25.0 Å². The van der Waals surface area contributed by atoms with Crippen LogP contribution in [0.3, 0.4) is 0 Å². The topological polar surface area (TPSA) is 76.7 Å².